The van der Waals surface area contributed by atoms with Gasteiger partial charge >= 0.3 is 5.69 Å². The van der Waals surface area contributed by atoms with Gasteiger partial charge in [-0.05, 0) is 18.6 Å². The first-order chi connectivity index (χ1) is 10.5. The maximum atomic E-state index is 11.6. The highest BCUT2D eigenvalue weighted by Gasteiger charge is 2.08. The zero-order chi connectivity index (χ0) is 16.1. The summed E-state index contributed by atoms with van der Waals surface area (Å²) in [5.74, 6) is -1.40. The van der Waals surface area contributed by atoms with E-state index in [-0.39, 0.29) is 6.54 Å². The van der Waals surface area contributed by atoms with E-state index in [0.717, 1.165) is 11.3 Å². The number of anilines is 1. The number of hydrogen-bond acceptors (Lipinski definition) is 6. The number of benzene rings is 1. The number of aromatic hydroxyl groups is 1. The lowest BCUT2D eigenvalue weighted by Crippen LogP contribution is -2.21. The number of amides is 1. The zero-order valence-electron chi connectivity index (χ0n) is 11.6. The minimum absolute atomic E-state index is 0.129. The van der Waals surface area contributed by atoms with Crippen molar-refractivity contribution in [2.24, 2.45) is 10.2 Å². The van der Waals surface area contributed by atoms with Crippen molar-refractivity contribution in [1.82, 2.24) is 9.97 Å². The highest BCUT2D eigenvalue weighted by molar-refractivity contribution is 5.81. The number of aromatic amines is 2. The number of H-pyrrole nitrogens is 2. The van der Waals surface area contributed by atoms with Crippen LogP contribution in [-0.4, -0.2) is 27.5 Å². The molecule has 0 atom stereocenters. The minimum Gasteiger partial charge on any atom is -0.493 e. The Balaban J connectivity index is 2.05. The molecule has 0 spiro atoms. The maximum Gasteiger partial charge on any atom is 0.328 e. The first-order valence-electron chi connectivity index (χ1n) is 6.27. The fourth-order valence-corrected chi connectivity index (χ4v) is 1.64. The third-order valence-electron chi connectivity index (χ3n) is 2.74. The number of nitrogens with zero attached hydrogens (tertiary/aromatic N) is 2. The number of hydrogen-bond donors (Lipinski definition) is 4. The maximum absolute atomic E-state index is 11.6. The van der Waals surface area contributed by atoms with E-state index in [1.165, 1.54) is 0 Å². The van der Waals surface area contributed by atoms with Gasteiger partial charge in [-0.25, -0.2) is 4.79 Å². The lowest BCUT2D eigenvalue weighted by atomic mass is 10.2. The predicted octanol–water partition coefficient (Wildman–Crippen LogP) is 0.800. The SMILES string of the molecule is Cc1ccccc1NCC(=O)N=Nc1c(O)[nH]c(=O)[nH]c1=O. The Morgan fingerprint density at radius 3 is 2.68 bits per heavy atom. The smallest absolute Gasteiger partial charge is 0.328 e. The van der Waals surface area contributed by atoms with Crippen LogP contribution in [0.2, 0.25) is 0 Å². The Morgan fingerprint density at radius 2 is 2.00 bits per heavy atom. The highest BCUT2D eigenvalue weighted by atomic mass is 16.3. The quantitative estimate of drug-likeness (QED) is 0.618. The van der Waals surface area contributed by atoms with E-state index in [1.807, 2.05) is 35.1 Å². The summed E-state index contributed by atoms with van der Waals surface area (Å²) in [7, 11) is 0. The fraction of sp³-hybridized carbons (Fsp3) is 0.154. The van der Waals surface area contributed by atoms with Crippen molar-refractivity contribution in [1.29, 1.82) is 0 Å². The molecule has 22 heavy (non-hydrogen) atoms. The van der Waals surface area contributed by atoms with Gasteiger partial charge in [-0.3, -0.25) is 19.6 Å². The Hall–Kier alpha value is -3.23. The van der Waals surface area contributed by atoms with Crippen LogP contribution in [0, 0.1) is 6.92 Å². The monoisotopic (exact) mass is 303 g/mol. The molecule has 0 saturated heterocycles. The average Bonchev–Trinajstić information content (AvgIpc) is 2.45. The second-order valence-electron chi connectivity index (χ2n) is 4.37. The van der Waals surface area contributed by atoms with Crippen LogP contribution in [0.1, 0.15) is 5.56 Å². The van der Waals surface area contributed by atoms with Gasteiger partial charge in [-0.2, -0.15) is 0 Å². The molecule has 1 aromatic carbocycles. The van der Waals surface area contributed by atoms with Crippen molar-refractivity contribution in [2.45, 2.75) is 6.92 Å². The van der Waals surface area contributed by atoms with E-state index in [1.54, 1.807) is 6.07 Å². The second-order valence-corrected chi connectivity index (χ2v) is 4.37. The predicted molar refractivity (Wildman–Crippen MR) is 78.5 cm³/mol. The van der Waals surface area contributed by atoms with E-state index in [9.17, 15) is 19.5 Å². The fourth-order valence-electron chi connectivity index (χ4n) is 1.64. The molecule has 0 unspecified atom stereocenters. The van der Waals surface area contributed by atoms with Crippen molar-refractivity contribution < 1.29 is 9.90 Å². The summed E-state index contributed by atoms with van der Waals surface area (Å²) in [6, 6.07) is 7.37. The zero-order valence-corrected chi connectivity index (χ0v) is 11.6. The Bertz CT molecular complexity index is 837. The number of para-hydroxylation sites is 1. The Labute approximate surface area is 123 Å². The van der Waals surface area contributed by atoms with Gasteiger partial charge in [0.25, 0.3) is 11.5 Å². The molecule has 2 aromatic rings. The largest absolute Gasteiger partial charge is 0.493 e. The molecule has 1 aromatic heterocycles. The van der Waals surface area contributed by atoms with Crippen LogP contribution in [0.3, 0.4) is 0 Å². The Morgan fingerprint density at radius 1 is 1.27 bits per heavy atom. The number of nitrogens with one attached hydrogen (secondary N) is 3. The van der Waals surface area contributed by atoms with E-state index in [2.05, 4.69) is 15.5 Å². The number of aryl methyl sites for hydroxylation is 1. The highest BCUT2D eigenvalue weighted by Crippen LogP contribution is 2.16. The molecule has 0 saturated carbocycles. The first kappa shape index (κ1) is 15.2. The second kappa shape index (κ2) is 6.48. The topological polar surface area (TPSA) is 140 Å². The van der Waals surface area contributed by atoms with Crippen molar-refractivity contribution in [3.63, 3.8) is 0 Å². The molecule has 0 fully saturated rings. The lowest BCUT2D eigenvalue weighted by molar-refractivity contribution is -0.116. The van der Waals surface area contributed by atoms with E-state index in [0.29, 0.717) is 0 Å². The molecule has 0 aliphatic carbocycles. The molecule has 9 nitrogen and oxygen atoms in total. The molecule has 0 aliphatic heterocycles. The van der Waals surface area contributed by atoms with Crippen LogP contribution in [-0.2, 0) is 4.79 Å². The van der Waals surface area contributed by atoms with Crippen LogP contribution in [0.25, 0.3) is 0 Å². The molecule has 1 heterocycles. The number of azo groups is 1. The summed E-state index contributed by atoms with van der Waals surface area (Å²) < 4.78 is 0. The van der Waals surface area contributed by atoms with Crippen molar-refractivity contribution >= 4 is 17.3 Å². The summed E-state index contributed by atoms with van der Waals surface area (Å²) in [5, 5.41) is 18.9. The van der Waals surface area contributed by atoms with Gasteiger partial charge in [0.05, 0.1) is 6.54 Å². The number of aromatic nitrogens is 2. The minimum atomic E-state index is -0.940. The molecule has 4 N–H and O–H groups in total. The van der Waals surface area contributed by atoms with Gasteiger partial charge in [0.15, 0.2) is 0 Å². The molecule has 9 heteroatoms. The molecular formula is C13H13N5O4. The molecule has 114 valence electrons. The van der Waals surface area contributed by atoms with Crippen LogP contribution in [0.5, 0.6) is 5.88 Å². The number of carbonyl (C=O) groups excluding carboxylic acids is 1. The number of rotatable bonds is 4. The standard InChI is InChI=1S/C13H13N5O4/c1-7-4-2-3-5-8(7)14-6-9(19)17-18-10-11(20)15-13(22)16-12(10)21/h2-5,14H,6H2,1H3,(H3,15,16,20,21,22). The van der Waals surface area contributed by atoms with Gasteiger partial charge in [0, 0.05) is 5.69 Å². The normalized spacial score (nSPS) is 10.8. The van der Waals surface area contributed by atoms with Crippen molar-refractivity contribution in [2.75, 3.05) is 11.9 Å². The van der Waals surface area contributed by atoms with Crippen LogP contribution >= 0.6 is 0 Å². The molecule has 1 amide bonds. The lowest BCUT2D eigenvalue weighted by Gasteiger charge is -2.06. The van der Waals surface area contributed by atoms with Crippen molar-refractivity contribution in [3.8, 4) is 5.88 Å². The van der Waals surface area contributed by atoms with E-state index >= 15 is 0 Å². The molecule has 0 radical (unpaired) electrons. The Kier molecular flexibility index (Phi) is 4.47. The molecule has 0 aliphatic rings. The van der Waals surface area contributed by atoms with Crippen molar-refractivity contribution in [3.05, 3.63) is 50.7 Å². The van der Waals surface area contributed by atoms with Crippen LogP contribution in [0.15, 0.2) is 44.1 Å². The summed E-state index contributed by atoms with van der Waals surface area (Å²) in [6.07, 6.45) is 0. The molecule has 2 rings (SSSR count). The summed E-state index contributed by atoms with van der Waals surface area (Å²) in [4.78, 5) is 37.6. The van der Waals surface area contributed by atoms with Gasteiger partial charge in [-0.15, -0.1) is 10.2 Å². The van der Waals surface area contributed by atoms with Gasteiger partial charge < -0.3 is 10.4 Å². The first-order valence-corrected chi connectivity index (χ1v) is 6.27. The number of carbonyl (C=O) groups is 1. The van der Waals surface area contributed by atoms with Gasteiger partial charge in [0.1, 0.15) is 0 Å². The van der Waals surface area contributed by atoms with Crippen LogP contribution in [0.4, 0.5) is 11.4 Å². The third-order valence-corrected chi connectivity index (χ3v) is 2.74. The average molecular weight is 303 g/mol. The van der Waals surface area contributed by atoms with Gasteiger partial charge in [-0.1, -0.05) is 18.2 Å². The molecule has 0 bridgehead atoms. The summed E-state index contributed by atoms with van der Waals surface area (Å²) >= 11 is 0. The molecular weight excluding hydrogens is 290 g/mol. The third kappa shape index (κ3) is 3.66. The van der Waals surface area contributed by atoms with Gasteiger partial charge in [0.2, 0.25) is 11.6 Å². The summed E-state index contributed by atoms with van der Waals surface area (Å²) in [6.45, 7) is 1.75. The van der Waals surface area contributed by atoms with E-state index in [4.69, 9.17) is 0 Å². The van der Waals surface area contributed by atoms with Crippen LogP contribution < -0.4 is 16.6 Å². The summed E-state index contributed by atoms with van der Waals surface area (Å²) in [5.41, 5.74) is -0.625. The van der Waals surface area contributed by atoms with E-state index < -0.39 is 28.7 Å².